The van der Waals surface area contributed by atoms with Crippen molar-refractivity contribution in [1.82, 2.24) is 9.59 Å². The van der Waals surface area contributed by atoms with E-state index < -0.39 is 0 Å². The van der Waals surface area contributed by atoms with Gasteiger partial charge in [-0.25, -0.2) is 0 Å². The minimum Gasteiger partial charge on any atom is -0.378 e. The predicted molar refractivity (Wildman–Crippen MR) is 71.4 cm³/mol. The maximum absolute atomic E-state index is 5.86. The van der Waals surface area contributed by atoms with Crippen LogP contribution in [0.15, 0.2) is 23.6 Å². The van der Waals surface area contributed by atoms with Gasteiger partial charge in [-0.3, -0.25) is 0 Å². The molecule has 15 heavy (non-hydrogen) atoms. The van der Waals surface area contributed by atoms with Crippen molar-refractivity contribution in [2.45, 2.75) is 6.54 Å². The summed E-state index contributed by atoms with van der Waals surface area (Å²) in [7, 11) is 0. The van der Waals surface area contributed by atoms with Crippen molar-refractivity contribution >= 4 is 51.4 Å². The summed E-state index contributed by atoms with van der Waals surface area (Å²) in [6.45, 7) is 0.689. The highest BCUT2D eigenvalue weighted by Gasteiger charge is 2.01. The number of hydrogen-bond donors (Lipinski definition) is 1. The van der Waals surface area contributed by atoms with Gasteiger partial charge in [0.2, 0.25) is 0 Å². The highest BCUT2D eigenvalue weighted by atomic mass is 127. The summed E-state index contributed by atoms with van der Waals surface area (Å²) in [6, 6.07) is 5.75. The van der Waals surface area contributed by atoms with E-state index in [1.54, 1.807) is 0 Å². The smallest absolute Gasteiger partial charge is 0.0946 e. The Morgan fingerprint density at radius 1 is 1.47 bits per heavy atom. The second-order valence-corrected chi connectivity index (χ2v) is 5.08. The average molecular weight is 352 g/mol. The Labute approximate surface area is 110 Å². The molecule has 0 spiro atoms. The molecule has 1 heterocycles. The van der Waals surface area contributed by atoms with Gasteiger partial charge < -0.3 is 5.32 Å². The van der Waals surface area contributed by atoms with Crippen LogP contribution in [0.1, 0.15) is 5.69 Å². The minimum atomic E-state index is 0.689. The fraction of sp³-hybridized carbons (Fsp3) is 0.111. The van der Waals surface area contributed by atoms with E-state index in [0.29, 0.717) is 6.54 Å². The van der Waals surface area contributed by atoms with Gasteiger partial charge in [0.1, 0.15) is 0 Å². The third-order valence-electron chi connectivity index (χ3n) is 1.80. The van der Waals surface area contributed by atoms with Crippen molar-refractivity contribution in [3.8, 4) is 0 Å². The van der Waals surface area contributed by atoms with Crippen LogP contribution in [0.5, 0.6) is 0 Å². The number of aromatic nitrogens is 2. The number of benzene rings is 1. The Balaban J connectivity index is 2.05. The Hall–Kier alpha value is -0.400. The first kappa shape index (κ1) is 11.1. The monoisotopic (exact) mass is 351 g/mol. The molecule has 2 rings (SSSR count). The normalized spacial score (nSPS) is 10.3. The highest BCUT2D eigenvalue weighted by Crippen LogP contribution is 2.22. The van der Waals surface area contributed by atoms with Gasteiger partial charge in [-0.2, -0.15) is 0 Å². The van der Waals surface area contributed by atoms with Crippen LogP contribution in [-0.2, 0) is 6.54 Å². The molecule has 1 aromatic heterocycles. The first-order valence-electron chi connectivity index (χ1n) is 4.20. The van der Waals surface area contributed by atoms with E-state index in [4.69, 9.17) is 11.6 Å². The summed E-state index contributed by atoms with van der Waals surface area (Å²) in [5.74, 6) is 0. The van der Waals surface area contributed by atoms with E-state index in [-0.39, 0.29) is 0 Å². The van der Waals surface area contributed by atoms with Crippen LogP contribution in [0.4, 0.5) is 5.69 Å². The van der Waals surface area contributed by atoms with E-state index in [9.17, 15) is 0 Å². The molecule has 2 aromatic rings. The predicted octanol–water partition coefficient (Wildman–Crippen LogP) is 3.41. The number of hydrogen-bond acceptors (Lipinski definition) is 4. The molecule has 0 saturated heterocycles. The Kier molecular flexibility index (Phi) is 3.76. The number of nitrogens with one attached hydrogen (secondary N) is 1. The number of halogens is 2. The Bertz CT molecular complexity index is 447. The van der Waals surface area contributed by atoms with E-state index in [2.05, 4.69) is 37.5 Å². The molecule has 0 aliphatic heterocycles. The third-order valence-corrected chi connectivity index (χ3v) is 3.48. The summed E-state index contributed by atoms with van der Waals surface area (Å²) < 4.78 is 4.90. The topological polar surface area (TPSA) is 37.8 Å². The highest BCUT2D eigenvalue weighted by molar-refractivity contribution is 14.1. The molecule has 1 N–H and O–H groups in total. The van der Waals surface area contributed by atoms with E-state index in [1.165, 1.54) is 11.5 Å². The van der Waals surface area contributed by atoms with Gasteiger partial charge in [0.25, 0.3) is 0 Å². The van der Waals surface area contributed by atoms with Gasteiger partial charge in [0.05, 0.1) is 12.2 Å². The van der Waals surface area contributed by atoms with Crippen LogP contribution >= 0.6 is 45.7 Å². The maximum atomic E-state index is 5.86. The molecule has 3 nitrogen and oxygen atoms in total. The molecule has 0 fully saturated rings. The molecule has 1 aromatic carbocycles. The number of nitrogens with zero attached hydrogens (tertiary/aromatic N) is 2. The lowest BCUT2D eigenvalue weighted by Crippen LogP contribution is -2.01. The average Bonchev–Trinajstić information content (AvgIpc) is 2.69. The van der Waals surface area contributed by atoms with Crippen molar-refractivity contribution in [3.05, 3.63) is 37.9 Å². The first-order chi connectivity index (χ1) is 7.25. The molecule has 0 amide bonds. The molecule has 0 atom stereocenters. The lowest BCUT2D eigenvalue weighted by Gasteiger charge is -2.06. The zero-order valence-corrected chi connectivity index (χ0v) is 11.3. The molecule has 78 valence electrons. The molecule has 6 heteroatoms. The second kappa shape index (κ2) is 5.09. The number of rotatable bonds is 3. The summed E-state index contributed by atoms with van der Waals surface area (Å²) in [5, 5.41) is 9.91. The second-order valence-electron chi connectivity index (χ2n) is 2.87. The maximum Gasteiger partial charge on any atom is 0.0946 e. The van der Waals surface area contributed by atoms with Gasteiger partial charge in [-0.1, -0.05) is 16.1 Å². The zero-order chi connectivity index (χ0) is 10.7. The number of anilines is 1. The van der Waals surface area contributed by atoms with Crippen LogP contribution in [0.2, 0.25) is 5.02 Å². The van der Waals surface area contributed by atoms with Gasteiger partial charge in [0, 0.05) is 19.7 Å². The molecular formula is C9H7ClIN3S. The first-order valence-corrected chi connectivity index (χ1v) is 6.50. The molecule has 0 saturated carbocycles. The Morgan fingerprint density at radius 3 is 3.00 bits per heavy atom. The van der Waals surface area contributed by atoms with Gasteiger partial charge in [0.15, 0.2) is 0 Å². The van der Waals surface area contributed by atoms with Crippen LogP contribution in [0.3, 0.4) is 0 Å². The largest absolute Gasteiger partial charge is 0.378 e. The molecule has 0 radical (unpaired) electrons. The van der Waals surface area contributed by atoms with Gasteiger partial charge in [-0.05, 0) is 52.3 Å². The SMILES string of the molecule is Clc1ccc(NCc2csnn2)c(I)c1. The summed E-state index contributed by atoms with van der Waals surface area (Å²) in [6.07, 6.45) is 0. The molecule has 0 aliphatic rings. The van der Waals surface area contributed by atoms with Crippen molar-refractivity contribution in [2.75, 3.05) is 5.32 Å². The van der Waals surface area contributed by atoms with Crippen LogP contribution in [-0.4, -0.2) is 9.59 Å². The molecule has 0 bridgehead atoms. The van der Waals surface area contributed by atoms with Crippen molar-refractivity contribution in [1.29, 1.82) is 0 Å². The van der Waals surface area contributed by atoms with Gasteiger partial charge >= 0.3 is 0 Å². The van der Waals surface area contributed by atoms with E-state index in [1.807, 2.05) is 23.6 Å². The summed E-state index contributed by atoms with van der Waals surface area (Å²) in [5.41, 5.74) is 2.01. The molecular weight excluding hydrogens is 345 g/mol. The van der Waals surface area contributed by atoms with Crippen molar-refractivity contribution in [2.24, 2.45) is 0 Å². The third kappa shape index (κ3) is 3.02. The van der Waals surface area contributed by atoms with Crippen LogP contribution < -0.4 is 5.32 Å². The lowest BCUT2D eigenvalue weighted by molar-refractivity contribution is 0.998. The van der Waals surface area contributed by atoms with Crippen LogP contribution in [0.25, 0.3) is 0 Å². The quantitative estimate of drug-likeness (QED) is 0.861. The van der Waals surface area contributed by atoms with E-state index >= 15 is 0 Å². The lowest BCUT2D eigenvalue weighted by atomic mass is 10.3. The van der Waals surface area contributed by atoms with Crippen molar-refractivity contribution in [3.63, 3.8) is 0 Å². The zero-order valence-electron chi connectivity index (χ0n) is 7.58. The van der Waals surface area contributed by atoms with E-state index in [0.717, 1.165) is 20.0 Å². The molecule has 0 unspecified atom stereocenters. The fourth-order valence-corrected chi connectivity index (χ4v) is 2.59. The molecule has 0 aliphatic carbocycles. The summed E-state index contributed by atoms with van der Waals surface area (Å²) >= 11 is 9.47. The summed E-state index contributed by atoms with van der Waals surface area (Å²) in [4.78, 5) is 0. The fourth-order valence-electron chi connectivity index (χ4n) is 1.08. The minimum absolute atomic E-state index is 0.689. The van der Waals surface area contributed by atoms with Gasteiger partial charge in [-0.15, -0.1) is 5.10 Å². The van der Waals surface area contributed by atoms with Crippen LogP contribution in [0, 0.1) is 3.57 Å². The Morgan fingerprint density at radius 2 is 2.33 bits per heavy atom. The van der Waals surface area contributed by atoms with Crippen molar-refractivity contribution < 1.29 is 0 Å². The standard InChI is InChI=1S/C9H7ClIN3S/c10-6-1-2-9(8(11)3-6)12-4-7-5-15-14-13-7/h1-3,5,12H,4H2.